The Morgan fingerprint density at radius 3 is 2.54 bits per heavy atom. The highest BCUT2D eigenvalue weighted by Gasteiger charge is 2.38. The summed E-state index contributed by atoms with van der Waals surface area (Å²) in [5, 5.41) is 3.40. The van der Waals surface area contributed by atoms with Crippen molar-refractivity contribution in [1.29, 1.82) is 0 Å². The van der Waals surface area contributed by atoms with E-state index in [1.165, 1.54) is 0 Å². The maximum absolute atomic E-state index is 12.6. The van der Waals surface area contributed by atoms with E-state index in [0.717, 1.165) is 56.9 Å². The number of halogens is 1. The lowest BCUT2D eigenvalue weighted by molar-refractivity contribution is 0.0679. The van der Waals surface area contributed by atoms with E-state index in [1.54, 1.807) is 0 Å². The molecule has 0 saturated carbocycles. The highest BCUT2D eigenvalue weighted by Crippen LogP contribution is 2.27. The number of ether oxygens (including phenoxy) is 2. The molecule has 0 aliphatic carbocycles. The van der Waals surface area contributed by atoms with E-state index in [9.17, 15) is 4.79 Å². The van der Waals surface area contributed by atoms with Crippen LogP contribution in [0.25, 0.3) is 0 Å². The molecule has 24 heavy (non-hydrogen) atoms. The number of fused-ring (bicyclic) bond motifs is 1. The second-order valence-corrected chi connectivity index (χ2v) is 6.86. The first-order chi connectivity index (χ1) is 11.3. The van der Waals surface area contributed by atoms with E-state index in [4.69, 9.17) is 9.47 Å². The Bertz CT molecular complexity index is 548. The third-order valence-electron chi connectivity index (χ3n) is 5.24. The summed E-state index contributed by atoms with van der Waals surface area (Å²) in [5.41, 5.74) is 0.752. The van der Waals surface area contributed by atoms with Crippen molar-refractivity contribution in [3.05, 3.63) is 29.8 Å². The van der Waals surface area contributed by atoms with Crippen molar-refractivity contribution in [3.8, 4) is 5.75 Å². The van der Waals surface area contributed by atoms with E-state index in [1.807, 2.05) is 29.2 Å². The highest BCUT2D eigenvalue weighted by atomic mass is 35.5. The minimum Gasteiger partial charge on any atom is -0.491 e. The van der Waals surface area contributed by atoms with Crippen LogP contribution in [0.2, 0.25) is 0 Å². The van der Waals surface area contributed by atoms with Crippen LogP contribution in [-0.2, 0) is 4.74 Å². The van der Waals surface area contributed by atoms with Crippen LogP contribution in [0.4, 0.5) is 0 Å². The second kappa shape index (κ2) is 7.72. The summed E-state index contributed by atoms with van der Waals surface area (Å²) < 4.78 is 11.3. The lowest BCUT2D eigenvalue weighted by atomic mass is 10.0. The number of hydrogen-bond donors (Lipinski definition) is 1. The van der Waals surface area contributed by atoms with E-state index >= 15 is 0 Å². The molecular formula is C18H25ClN2O3. The van der Waals surface area contributed by atoms with Crippen molar-refractivity contribution in [2.45, 2.75) is 18.9 Å². The van der Waals surface area contributed by atoms with Crippen LogP contribution < -0.4 is 10.1 Å². The molecule has 0 aromatic heterocycles. The number of nitrogens with one attached hydrogen (secondary N) is 1. The average molecular weight is 353 g/mol. The molecule has 1 amide bonds. The van der Waals surface area contributed by atoms with Gasteiger partial charge in [0.15, 0.2) is 0 Å². The van der Waals surface area contributed by atoms with Crippen LogP contribution in [0, 0.1) is 11.8 Å². The Balaban J connectivity index is 0.00000169. The first-order valence-electron chi connectivity index (χ1n) is 8.64. The van der Waals surface area contributed by atoms with Gasteiger partial charge in [0.1, 0.15) is 12.4 Å². The maximum atomic E-state index is 12.6. The molecule has 0 spiro atoms. The largest absolute Gasteiger partial charge is 0.491 e. The zero-order chi connectivity index (χ0) is 15.6. The number of benzene rings is 1. The Kier molecular flexibility index (Phi) is 5.64. The third kappa shape index (κ3) is 3.68. The van der Waals surface area contributed by atoms with Crippen molar-refractivity contribution in [3.63, 3.8) is 0 Å². The number of hydrogen-bond acceptors (Lipinski definition) is 4. The number of nitrogens with zero attached hydrogens (tertiary/aromatic N) is 1. The van der Waals surface area contributed by atoms with Crippen molar-refractivity contribution in [1.82, 2.24) is 10.2 Å². The summed E-state index contributed by atoms with van der Waals surface area (Å²) in [4.78, 5) is 14.6. The summed E-state index contributed by atoms with van der Waals surface area (Å²) in [6, 6.07) is 7.53. The number of rotatable bonds is 4. The molecule has 6 heteroatoms. The summed E-state index contributed by atoms with van der Waals surface area (Å²) in [7, 11) is 0. The van der Waals surface area contributed by atoms with Gasteiger partial charge in [-0.05, 0) is 48.9 Å². The molecule has 3 atom stereocenters. The van der Waals surface area contributed by atoms with Gasteiger partial charge in [-0.3, -0.25) is 4.79 Å². The fraction of sp³-hybridized carbons (Fsp3) is 0.611. The van der Waals surface area contributed by atoms with Crippen LogP contribution in [-0.4, -0.2) is 56.3 Å². The fourth-order valence-electron chi connectivity index (χ4n) is 3.86. The third-order valence-corrected chi connectivity index (χ3v) is 5.24. The molecule has 0 bridgehead atoms. The van der Waals surface area contributed by atoms with Gasteiger partial charge < -0.3 is 19.7 Å². The maximum Gasteiger partial charge on any atom is 0.253 e. The lowest BCUT2D eigenvalue weighted by Gasteiger charge is -2.18. The fourth-order valence-corrected chi connectivity index (χ4v) is 3.86. The molecule has 1 unspecified atom stereocenters. The molecule has 1 N–H and O–H groups in total. The molecule has 0 radical (unpaired) electrons. The van der Waals surface area contributed by atoms with E-state index < -0.39 is 0 Å². The van der Waals surface area contributed by atoms with Gasteiger partial charge in [0.2, 0.25) is 0 Å². The molecular weight excluding hydrogens is 328 g/mol. The van der Waals surface area contributed by atoms with Gasteiger partial charge in [-0.25, -0.2) is 0 Å². The molecule has 1 aromatic carbocycles. The van der Waals surface area contributed by atoms with Gasteiger partial charge in [0.25, 0.3) is 5.91 Å². The predicted molar refractivity (Wildman–Crippen MR) is 93.9 cm³/mol. The van der Waals surface area contributed by atoms with E-state index in [-0.39, 0.29) is 24.4 Å². The van der Waals surface area contributed by atoms with Crippen LogP contribution in [0.15, 0.2) is 24.3 Å². The summed E-state index contributed by atoms with van der Waals surface area (Å²) in [5.74, 6) is 2.21. The zero-order valence-corrected chi connectivity index (χ0v) is 14.6. The smallest absolute Gasteiger partial charge is 0.253 e. The monoisotopic (exact) mass is 352 g/mol. The zero-order valence-electron chi connectivity index (χ0n) is 13.8. The van der Waals surface area contributed by atoms with Crippen LogP contribution in [0.5, 0.6) is 5.75 Å². The Labute approximate surface area is 149 Å². The van der Waals surface area contributed by atoms with Gasteiger partial charge in [0, 0.05) is 38.3 Å². The van der Waals surface area contributed by atoms with Gasteiger partial charge in [-0.1, -0.05) is 0 Å². The SMILES string of the molecule is Cl.O=C(c1ccc(OCC2CCCO2)cc1)N1C[C@H]2CNC[C@H]2C1. The minimum atomic E-state index is 0. The minimum absolute atomic E-state index is 0. The average Bonchev–Trinajstić information content (AvgIpc) is 3.29. The van der Waals surface area contributed by atoms with Crippen molar-refractivity contribution in [2.24, 2.45) is 11.8 Å². The van der Waals surface area contributed by atoms with Crippen molar-refractivity contribution < 1.29 is 14.3 Å². The molecule has 3 aliphatic heterocycles. The standard InChI is InChI=1S/C18H24N2O3.ClH/c21-18(20-10-14-8-19-9-15(14)11-20)13-3-5-16(6-4-13)23-12-17-2-1-7-22-17;/h3-6,14-15,17,19H,1-2,7-12H2;1H/t14-,15+,17?;. The van der Waals surface area contributed by atoms with Crippen LogP contribution >= 0.6 is 12.4 Å². The Morgan fingerprint density at radius 1 is 1.21 bits per heavy atom. The number of carbonyl (C=O) groups excluding carboxylic acids is 1. The molecule has 3 aliphatic rings. The van der Waals surface area contributed by atoms with Gasteiger partial charge in [-0.15, -0.1) is 12.4 Å². The highest BCUT2D eigenvalue weighted by molar-refractivity contribution is 5.94. The topological polar surface area (TPSA) is 50.8 Å². The van der Waals surface area contributed by atoms with Crippen LogP contribution in [0.3, 0.4) is 0 Å². The lowest BCUT2D eigenvalue weighted by Crippen LogP contribution is -2.31. The quantitative estimate of drug-likeness (QED) is 0.900. The number of likely N-dealkylation sites (tertiary alicyclic amines) is 1. The number of carbonyl (C=O) groups is 1. The summed E-state index contributed by atoms with van der Waals surface area (Å²) in [6.45, 7) is 5.29. The van der Waals surface area contributed by atoms with E-state index in [0.29, 0.717) is 18.4 Å². The second-order valence-electron chi connectivity index (χ2n) is 6.86. The Morgan fingerprint density at radius 2 is 1.92 bits per heavy atom. The predicted octanol–water partition coefficient (Wildman–Crippen LogP) is 1.96. The first-order valence-corrected chi connectivity index (χ1v) is 8.64. The van der Waals surface area contributed by atoms with Gasteiger partial charge in [0.05, 0.1) is 6.10 Å². The van der Waals surface area contributed by atoms with Crippen molar-refractivity contribution in [2.75, 3.05) is 39.4 Å². The molecule has 3 fully saturated rings. The molecule has 3 saturated heterocycles. The molecule has 132 valence electrons. The van der Waals surface area contributed by atoms with E-state index in [2.05, 4.69) is 5.32 Å². The molecule has 3 heterocycles. The first kappa shape index (κ1) is 17.5. The van der Waals surface area contributed by atoms with Gasteiger partial charge in [-0.2, -0.15) is 0 Å². The van der Waals surface area contributed by atoms with Gasteiger partial charge >= 0.3 is 0 Å². The summed E-state index contributed by atoms with van der Waals surface area (Å²) >= 11 is 0. The molecule has 5 nitrogen and oxygen atoms in total. The summed E-state index contributed by atoms with van der Waals surface area (Å²) in [6.07, 6.45) is 2.41. The van der Waals surface area contributed by atoms with Crippen LogP contribution in [0.1, 0.15) is 23.2 Å². The normalized spacial score (nSPS) is 28.5. The molecule has 4 rings (SSSR count). The Hall–Kier alpha value is -1.30. The number of amides is 1. The molecule has 1 aromatic rings. The van der Waals surface area contributed by atoms with Crippen molar-refractivity contribution >= 4 is 18.3 Å².